The van der Waals surface area contributed by atoms with Crippen LogP contribution in [0.2, 0.25) is 0 Å². The number of carbonyl (C=O) groups excluding carboxylic acids is 1. The first-order chi connectivity index (χ1) is 14.0. The molecule has 0 radical (unpaired) electrons. The Morgan fingerprint density at radius 3 is 2.76 bits per heavy atom. The van der Waals surface area contributed by atoms with E-state index in [-0.39, 0.29) is 29.4 Å². The molecule has 6 nitrogen and oxygen atoms in total. The minimum absolute atomic E-state index is 0.00827. The normalized spacial score (nSPS) is 26.3. The SMILES string of the molecule is O=C(c1cccnc1)N1C[C@@H]2C[C@@H](O)CN2C2(CN(Cc3ccccc3F)C2)C1. The van der Waals surface area contributed by atoms with Crippen LogP contribution in [0.3, 0.4) is 0 Å². The number of aliphatic hydroxyl groups excluding tert-OH is 1. The van der Waals surface area contributed by atoms with Gasteiger partial charge in [-0.05, 0) is 24.6 Å². The van der Waals surface area contributed by atoms with Gasteiger partial charge in [-0.1, -0.05) is 18.2 Å². The van der Waals surface area contributed by atoms with Crippen LogP contribution in [0.15, 0.2) is 48.8 Å². The highest BCUT2D eigenvalue weighted by Gasteiger charge is 2.56. The van der Waals surface area contributed by atoms with E-state index < -0.39 is 0 Å². The molecule has 1 spiro atoms. The van der Waals surface area contributed by atoms with Gasteiger partial charge in [0.05, 0.1) is 17.2 Å². The van der Waals surface area contributed by atoms with Crippen molar-refractivity contribution < 1.29 is 14.3 Å². The molecule has 0 unspecified atom stereocenters. The molecule has 1 amide bonds. The van der Waals surface area contributed by atoms with Crippen LogP contribution in [-0.2, 0) is 6.54 Å². The van der Waals surface area contributed by atoms with Crippen molar-refractivity contribution in [1.29, 1.82) is 0 Å². The van der Waals surface area contributed by atoms with Crippen LogP contribution in [0.25, 0.3) is 0 Å². The molecule has 4 heterocycles. The summed E-state index contributed by atoms with van der Waals surface area (Å²) in [5.41, 5.74) is 1.11. The van der Waals surface area contributed by atoms with Gasteiger partial charge < -0.3 is 10.0 Å². The highest BCUT2D eigenvalue weighted by atomic mass is 19.1. The molecule has 0 aliphatic carbocycles. The van der Waals surface area contributed by atoms with Gasteiger partial charge in [-0.3, -0.25) is 19.6 Å². The number of fused-ring (bicyclic) bond motifs is 2. The second-order valence-electron chi connectivity index (χ2n) is 8.58. The van der Waals surface area contributed by atoms with Gasteiger partial charge in [-0.2, -0.15) is 0 Å². The summed E-state index contributed by atoms with van der Waals surface area (Å²) in [4.78, 5) is 23.7. The summed E-state index contributed by atoms with van der Waals surface area (Å²) in [5, 5.41) is 10.3. The van der Waals surface area contributed by atoms with E-state index in [4.69, 9.17) is 0 Å². The first kappa shape index (κ1) is 18.7. The highest BCUT2D eigenvalue weighted by Crippen LogP contribution is 2.39. The van der Waals surface area contributed by atoms with E-state index in [1.165, 1.54) is 6.07 Å². The molecule has 0 saturated carbocycles. The number of amides is 1. The molecular formula is C22H25FN4O2. The molecule has 0 bridgehead atoms. The molecule has 152 valence electrons. The highest BCUT2D eigenvalue weighted by molar-refractivity contribution is 5.94. The Balaban J connectivity index is 1.34. The van der Waals surface area contributed by atoms with Crippen LogP contribution in [-0.4, -0.2) is 81.1 Å². The van der Waals surface area contributed by atoms with E-state index in [9.17, 15) is 14.3 Å². The van der Waals surface area contributed by atoms with Crippen LogP contribution in [0.4, 0.5) is 4.39 Å². The van der Waals surface area contributed by atoms with Gasteiger partial charge in [0.1, 0.15) is 5.82 Å². The van der Waals surface area contributed by atoms with Crippen molar-refractivity contribution in [2.45, 2.75) is 30.7 Å². The lowest BCUT2D eigenvalue weighted by Crippen LogP contribution is -2.78. The molecule has 1 aromatic heterocycles. The van der Waals surface area contributed by atoms with Gasteiger partial charge in [0.2, 0.25) is 0 Å². The fourth-order valence-electron chi connectivity index (χ4n) is 5.28. The molecule has 5 rings (SSSR count). The van der Waals surface area contributed by atoms with E-state index in [1.54, 1.807) is 30.6 Å². The summed E-state index contributed by atoms with van der Waals surface area (Å²) in [5.74, 6) is -0.189. The van der Waals surface area contributed by atoms with Gasteiger partial charge in [-0.15, -0.1) is 0 Å². The largest absolute Gasteiger partial charge is 0.392 e. The van der Waals surface area contributed by atoms with Crippen LogP contribution in [0.5, 0.6) is 0 Å². The van der Waals surface area contributed by atoms with Crippen LogP contribution < -0.4 is 0 Å². The van der Waals surface area contributed by atoms with Crippen LogP contribution in [0, 0.1) is 5.82 Å². The average molecular weight is 396 g/mol. The van der Waals surface area contributed by atoms with Crippen molar-refractivity contribution in [3.63, 3.8) is 0 Å². The summed E-state index contributed by atoms with van der Waals surface area (Å²) in [6, 6.07) is 10.6. The van der Waals surface area contributed by atoms with Crippen LogP contribution >= 0.6 is 0 Å². The zero-order chi connectivity index (χ0) is 20.0. The maximum atomic E-state index is 14.0. The number of carbonyl (C=O) groups is 1. The summed E-state index contributed by atoms with van der Waals surface area (Å²) >= 11 is 0. The molecule has 7 heteroatoms. The molecule has 3 saturated heterocycles. The van der Waals surface area contributed by atoms with Gasteiger partial charge in [0.25, 0.3) is 5.91 Å². The summed E-state index contributed by atoms with van der Waals surface area (Å²) in [7, 11) is 0. The third-order valence-electron chi connectivity index (χ3n) is 6.50. The zero-order valence-electron chi connectivity index (χ0n) is 16.2. The van der Waals surface area contributed by atoms with Crippen LogP contribution in [0.1, 0.15) is 22.3 Å². The quantitative estimate of drug-likeness (QED) is 0.849. The van der Waals surface area contributed by atoms with E-state index in [0.29, 0.717) is 43.7 Å². The smallest absolute Gasteiger partial charge is 0.255 e. The molecule has 3 aliphatic heterocycles. The van der Waals surface area contributed by atoms with E-state index in [0.717, 1.165) is 13.1 Å². The Kier molecular flexibility index (Phi) is 4.61. The Bertz CT molecular complexity index is 903. The number of likely N-dealkylation sites (tertiary alicyclic amines) is 1. The van der Waals surface area contributed by atoms with E-state index >= 15 is 0 Å². The molecule has 3 fully saturated rings. The molecule has 29 heavy (non-hydrogen) atoms. The lowest BCUT2D eigenvalue weighted by atomic mass is 9.83. The lowest BCUT2D eigenvalue weighted by Gasteiger charge is -2.61. The summed E-state index contributed by atoms with van der Waals surface area (Å²) in [6.45, 7) is 3.99. The maximum absolute atomic E-state index is 14.0. The fourth-order valence-corrected chi connectivity index (χ4v) is 5.28. The minimum Gasteiger partial charge on any atom is -0.392 e. The summed E-state index contributed by atoms with van der Waals surface area (Å²) in [6.07, 6.45) is 3.60. The molecular weight excluding hydrogens is 371 g/mol. The Morgan fingerprint density at radius 1 is 1.17 bits per heavy atom. The third-order valence-corrected chi connectivity index (χ3v) is 6.50. The van der Waals surface area contributed by atoms with Crippen molar-refractivity contribution in [3.8, 4) is 0 Å². The Morgan fingerprint density at radius 2 is 2.00 bits per heavy atom. The number of rotatable bonds is 3. The van der Waals surface area contributed by atoms with Crippen molar-refractivity contribution >= 4 is 5.91 Å². The number of benzene rings is 1. The number of piperazine rings is 1. The number of aromatic nitrogens is 1. The lowest BCUT2D eigenvalue weighted by molar-refractivity contribution is -0.108. The topological polar surface area (TPSA) is 59.9 Å². The number of hydrogen-bond donors (Lipinski definition) is 1. The predicted molar refractivity (Wildman–Crippen MR) is 106 cm³/mol. The van der Waals surface area contributed by atoms with Gasteiger partial charge in [0, 0.05) is 63.3 Å². The number of pyridine rings is 1. The maximum Gasteiger partial charge on any atom is 0.255 e. The first-order valence-corrected chi connectivity index (χ1v) is 10.1. The average Bonchev–Trinajstić information content (AvgIpc) is 3.09. The van der Waals surface area contributed by atoms with Crippen molar-refractivity contribution in [2.24, 2.45) is 0 Å². The van der Waals surface area contributed by atoms with E-state index in [2.05, 4.69) is 14.8 Å². The van der Waals surface area contributed by atoms with Gasteiger partial charge in [0.15, 0.2) is 0 Å². The third kappa shape index (κ3) is 3.33. The fraction of sp³-hybridized carbons (Fsp3) is 0.455. The summed E-state index contributed by atoms with van der Waals surface area (Å²) < 4.78 is 14.0. The number of nitrogens with zero attached hydrogens (tertiary/aromatic N) is 4. The van der Waals surface area contributed by atoms with Gasteiger partial charge >= 0.3 is 0 Å². The predicted octanol–water partition coefficient (Wildman–Crippen LogP) is 1.37. The molecule has 1 aromatic carbocycles. The number of halogens is 1. The second kappa shape index (κ2) is 7.16. The minimum atomic E-state index is -0.356. The second-order valence-corrected chi connectivity index (χ2v) is 8.58. The molecule has 1 N–H and O–H groups in total. The van der Waals surface area contributed by atoms with Crippen molar-refractivity contribution in [2.75, 3.05) is 32.7 Å². The standard InChI is InChI=1S/C22H25FN4O2/c23-20-6-2-1-4-17(20)10-25-13-22(14-25)15-26(11-18-8-19(28)12-27(18)22)21(29)16-5-3-7-24-9-16/h1-7,9,18-19,28H,8,10-15H2/t18-,19+/m0/s1. The number of aliphatic hydroxyl groups is 1. The van der Waals surface area contributed by atoms with Crippen molar-refractivity contribution in [3.05, 3.63) is 65.7 Å². The number of hydrogen-bond acceptors (Lipinski definition) is 5. The Labute approximate surface area is 169 Å². The molecule has 3 aliphatic rings. The van der Waals surface area contributed by atoms with E-state index in [1.807, 2.05) is 17.0 Å². The first-order valence-electron chi connectivity index (χ1n) is 10.1. The van der Waals surface area contributed by atoms with Crippen molar-refractivity contribution in [1.82, 2.24) is 19.7 Å². The zero-order valence-corrected chi connectivity index (χ0v) is 16.2. The molecule has 2 atom stereocenters. The Hall–Kier alpha value is -2.35. The molecule has 2 aromatic rings. The van der Waals surface area contributed by atoms with Gasteiger partial charge in [-0.25, -0.2) is 4.39 Å². The monoisotopic (exact) mass is 396 g/mol. The number of β-amino-alcohol motifs (C(OH)–C–C–N with tert-alkyl or cyclic N) is 1.